The molecule has 0 radical (unpaired) electrons. The molecule has 4 aromatic carbocycles. The van der Waals surface area contributed by atoms with Crippen LogP contribution in [0.5, 0.6) is 0 Å². The van der Waals surface area contributed by atoms with Crippen LogP contribution in [0.15, 0.2) is 91.0 Å². The van der Waals surface area contributed by atoms with E-state index in [0.717, 1.165) is 56.1 Å². The number of hydrogen-bond donors (Lipinski definition) is 4. The van der Waals surface area contributed by atoms with Crippen molar-refractivity contribution in [2.75, 3.05) is 23.3 Å². The Balaban J connectivity index is 1.27. The van der Waals surface area contributed by atoms with Gasteiger partial charge in [0.25, 0.3) is 0 Å². The fraction of sp³-hybridized carbons (Fsp3) is 0.278. The second-order valence-corrected chi connectivity index (χ2v) is 13.4. The monoisotopic (exact) mass is 594 g/mol. The topological polar surface area (TPSA) is 100 Å². The molecule has 0 aliphatic heterocycles. The SMILES string of the molecule is Cc1cc(C)cc(-c2[nH]c3ccc(N)cc3c2CCC(NCCCCc2ccc(NS(C)(=O)=O)cc2)c2ccccc2)c1. The van der Waals surface area contributed by atoms with Crippen LogP contribution in [0.3, 0.4) is 0 Å². The highest BCUT2D eigenvalue weighted by molar-refractivity contribution is 7.92. The van der Waals surface area contributed by atoms with Crippen LogP contribution in [0.25, 0.3) is 22.2 Å². The summed E-state index contributed by atoms with van der Waals surface area (Å²) in [5, 5.41) is 5.04. The molecule has 0 fully saturated rings. The number of benzene rings is 4. The average molecular weight is 595 g/mol. The largest absolute Gasteiger partial charge is 0.399 e. The summed E-state index contributed by atoms with van der Waals surface area (Å²) < 4.78 is 25.4. The molecule has 0 aliphatic rings. The molecule has 1 unspecified atom stereocenters. The molecular formula is C36H42N4O2S. The minimum Gasteiger partial charge on any atom is -0.399 e. The zero-order valence-electron chi connectivity index (χ0n) is 25.3. The van der Waals surface area contributed by atoms with Crippen molar-refractivity contribution in [2.24, 2.45) is 0 Å². The van der Waals surface area contributed by atoms with E-state index in [4.69, 9.17) is 5.73 Å². The van der Waals surface area contributed by atoms with Gasteiger partial charge in [0.05, 0.1) is 6.26 Å². The van der Waals surface area contributed by atoms with Crippen molar-refractivity contribution in [3.8, 4) is 11.3 Å². The highest BCUT2D eigenvalue weighted by atomic mass is 32.2. The van der Waals surface area contributed by atoms with Crippen molar-refractivity contribution in [2.45, 2.75) is 52.0 Å². The zero-order valence-corrected chi connectivity index (χ0v) is 26.1. The lowest BCUT2D eigenvalue weighted by atomic mass is 9.94. The predicted octanol–water partition coefficient (Wildman–Crippen LogP) is 7.69. The number of nitrogen functional groups attached to an aromatic ring is 1. The molecular weight excluding hydrogens is 552 g/mol. The number of aromatic amines is 1. The van der Waals surface area contributed by atoms with Crippen LogP contribution in [0, 0.1) is 13.8 Å². The van der Waals surface area contributed by atoms with Gasteiger partial charge in [0.2, 0.25) is 10.0 Å². The minimum atomic E-state index is -3.26. The molecule has 0 amide bonds. The van der Waals surface area contributed by atoms with E-state index in [1.54, 1.807) is 0 Å². The summed E-state index contributed by atoms with van der Waals surface area (Å²) in [5.41, 5.74) is 17.4. The van der Waals surface area contributed by atoms with Gasteiger partial charge in [0.1, 0.15) is 0 Å². The third kappa shape index (κ3) is 8.27. The first kappa shape index (κ1) is 30.4. The molecule has 43 heavy (non-hydrogen) atoms. The van der Waals surface area contributed by atoms with E-state index >= 15 is 0 Å². The van der Waals surface area contributed by atoms with Crippen molar-refractivity contribution >= 4 is 32.3 Å². The Labute approximate surface area is 255 Å². The van der Waals surface area contributed by atoms with E-state index in [2.05, 4.69) is 89.5 Å². The van der Waals surface area contributed by atoms with Gasteiger partial charge in [-0.1, -0.05) is 59.7 Å². The number of aryl methyl sites for hydroxylation is 4. The molecule has 1 atom stereocenters. The van der Waals surface area contributed by atoms with Crippen LogP contribution < -0.4 is 15.8 Å². The molecule has 1 heterocycles. The molecule has 6 nitrogen and oxygen atoms in total. The number of unbranched alkanes of at least 4 members (excludes halogenated alkanes) is 1. The van der Waals surface area contributed by atoms with Crippen LogP contribution in [-0.2, 0) is 22.9 Å². The summed E-state index contributed by atoms with van der Waals surface area (Å²) in [6, 6.07) is 31.4. The maximum absolute atomic E-state index is 11.5. The molecule has 0 bridgehead atoms. The van der Waals surface area contributed by atoms with Crippen molar-refractivity contribution < 1.29 is 8.42 Å². The molecule has 0 aliphatic carbocycles. The number of anilines is 2. The fourth-order valence-electron chi connectivity index (χ4n) is 5.93. The summed E-state index contributed by atoms with van der Waals surface area (Å²) in [5.74, 6) is 0. The van der Waals surface area contributed by atoms with Gasteiger partial charge < -0.3 is 16.0 Å². The third-order valence-corrected chi connectivity index (χ3v) is 8.47. The fourth-order valence-corrected chi connectivity index (χ4v) is 6.50. The van der Waals surface area contributed by atoms with Crippen molar-refractivity contribution in [3.63, 3.8) is 0 Å². The summed E-state index contributed by atoms with van der Waals surface area (Å²) >= 11 is 0. The Morgan fingerprint density at radius 3 is 2.26 bits per heavy atom. The number of sulfonamides is 1. The first-order chi connectivity index (χ1) is 20.6. The first-order valence-corrected chi connectivity index (χ1v) is 16.9. The number of nitrogens with one attached hydrogen (secondary N) is 3. The third-order valence-electron chi connectivity index (χ3n) is 7.87. The highest BCUT2D eigenvalue weighted by Gasteiger charge is 2.18. The first-order valence-electron chi connectivity index (χ1n) is 15.0. The van der Waals surface area contributed by atoms with Gasteiger partial charge in [-0.3, -0.25) is 4.72 Å². The van der Waals surface area contributed by atoms with E-state index < -0.39 is 10.0 Å². The van der Waals surface area contributed by atoms with Gasteiger partial charge >= 0.3 is 0 Å². The molecule has 0 saturated carbocycles. The Kier molecular flexibility index (Phi) is 9.53. The van der Waals surface area contributed by atoms with Crippen molar-refractivity contribution in [3.05, 3.63) is 119 Å². The second kappa shape index (κ2) is 13.5. The Morgan fingerprint density at radius 2 is 1.56 bits per heavy atom. The van der Waals surface area contributed by atoms with Crippen LogP contribution in [-0.4, -0.2) is 26.2 Å². The molecule has 224 valence electrons. The summed E-state index contributed by atoms with van der Waals surface area (Å²) in [4.78, 5) is 3.71. The summed E-state index contributed by atoms with van der Waals surface area (Å²) in [6.07, 6.45) is 6.07. The number of hydrogen-bond acceptors (Lipinski definition) is 4. The maximum atomic E-state index is 11.5. The molecule has 5 rings (SSSR count). The van der Waals surface area contributed by atoms with Crippen LogP contribution in [0.1, 0.15) is 53.1 Å². The van der Waals surface area contributed by atoms with Gasteiger partial charge in [0.15, 0.2) is 0 Å². The number of rotatable bonds is 13. The standard InChI is InChI=1S/C36H42N4O2S/c1-25-21-26(2)23-29(22-25)36-32(33-24-30(37)14-18-35(33)39-36)17-19-34(28-10-5-4-6-11-28)38-20-8-7-9-27-12-15-31(16-13-27)40-43(3,41)42/h4-6,10-16,18,21-24,34,38-40H,7-9,17,19-20,37H2,1-3H3. The molecule has 0 spiro atoms. The van der Waals surface area contributed by atoms with Crippen molar-refractivity contribution in [1.29, 1.82) is 0 Å². The smallest absolute Gasteiger partial charge is 0.229 e. The molecule has 7 heteroatoms. The Morgan fingerprint density at radius 1 is 0.837 bits per heavy atom. The summed E-state index contributed by atoms with van der Waals surface area (Å²) in [6.45, 7) is 5.22. The van der Waals surface area contributed by atoms with Gasteiger partial charge in [-0.15, -0.1) is 0 Å². The zero-order chi connectivity index (χ0) is 30.4. The van der Waals surface area contributed by atoms with E-state index in [1.165, 1.54) is 44.5 Å². The van der Waals surface area contributed by atoms with Gasteiger partial charge in [-0.05, 0) is 117 Å². The second-order valence-electron chi connectivity index (χ2n) is 11.6. The van der Waals surface area contributed by atoms with Crippen LogP contribution in [0.4, 0.5) is 11.4 Å². The lowest BCUT2D eigenvalue weighted by Gasteiger charge is -2.20. The molecule has 5 N–H and O–H groups in total. The van der Waals surface area contributed by atoms with E-state index in [0.29, 0.717) is 5.69 Å². The lowest BCUT2D eigenvalue weighted by molar-refractivity contribution is 0.487. The van der Waals surface area contributed by atoms with E-state index in [-0.39, 0.29) is 6.04 Å². The van der Waals surface area contributed by atoms with Crippen LogP contribution >= 0.6 is 0 Å². The Hall–Kier alpha value is -4.07. The Bertz CT molecular complexity index is 1760. The number of nitrogens with two attached hydrogens (primary N) is 1. The lowest BCUT2D eigenvalue weighted by Crippen LogP contribution is -2.23. The number of fused-ring (bicyclic) bond motifs is 1. The molecule has 5 aromatic rings. The quantitative estimate of drug-likeness (QED) is 0.0829. The normalized spacial score (nSPS) is 12.4. The van der Waals surface area contributed by atoms with Gasteiger partial charge in [-0.25, -0.2) is 8.42 Å². The molecule has 0 saturated heterocycles. The number of aromatic nitrogens is 1. The van der Waals surface area contributed by atoms with E-state index in [9.17, 15) is 8.42 Å². The minimum absolute atomic E-state index is 0.223. The highest BCUT2D eigenvalue weighted by Crippen LogP contribution is 2.35. The summed E-state index contributed by atoms with van der Waals surface area (Å²) in [7, 11) is -3.26. The predicted molar refractivity (Wildman–Crippen MR) is 181 cm³/mol. The maximum Gasteiger partial charge on any atom is 0.229 e. The van der Waals surface area contributed by atoms with Crippen LogP contribution in [0.2, 0.25) is 0 Å². The van der Waals surface area contributed by atoms with Crippen molar-refractivity contribution in [1.82, 2.24) is 10.3 Å². The molecule has 1 aromatic heterocycles. The van der Waals surface area contributed by atoms with E-state index in [1.807, 2.05) is 30.3 Å². The average Bonchev–Trinajstić information content (AvgIpc) is 3.32. The number of H-pyrrole nitrogens is 1. The van der Waals surface area contributed by atoms with Gasteiger partial charge in [-0.2, -0.15) is 0 Å². The van der Waals surface area contributed by atoms with Gasteiger partial charge in [0, 0.05) is 34.0 Å².